The van der Waals surface area contributed by atoms with Crippen LogP contribution >= 0.6 is 15.9 Å². The number of alkyl halides is 1. The molecule has 1 aromatic rings. The number of hydrogen-bond acceptors (Lipinski definition) is 2. The summed E-state index contributed by atoms with van der Waals surface area (Å²) < 4.78 is 5.55. The molecule has 82 valence electrons. The van der Waals surface area contributed by atoms with Gasteiger partial charge in [0.05, 0.1) is 11.9 Å². The summed E-state index contributed by atoms with van der Waals surface area (Å²) in [5, 5.41) is 0.395. The second kappa shape index (κ2) is 5.91. The van der Waals surface area contributed by atoms with Crippen molar-refractivity contribution >= 4 is 21.7 Å². The predicted molar refractivity (Wildman–Crippen MR) is 64.9 cm³/mol. The first-order valence-electron chi connectivity index (χ1n) is 4.98. The molecule has 0 radical (unpaired) electrons. The molecule has 0 heterocycles. The molecule has 0 saturated heterocycles. The minimum atomic E-state index is 0.168. The Hall–Kier alpha value is -0.830. The molecule has 0 aromatic heterocycles. The van der Waals surface area contributed by atoms with Crippen LogP contribution in [0.2, 0.25) is 0 Å². The van der Waals surface area contributed by atoms with E-state index < -0.39 is 0 Å². The summed E-state index contributed by atoms with van der Waals surface area (Å²) in [6, 6.07) is 5.89. The van der Waals surface area contributed by atoms with E-state index in [1.165, 1.54) is 0 Å². The summed E-state index contributed by atoms with van der Waals surface area (Å²) in [4.78, 5) is 11.3. The van der Waals surface area contributed by atoms with Crippen molar-refractivity contribution in [1.82, 2.24) is 0 Å². The summed E-state index contributed by atoms with van der Waals surface area (Å²) in [5.74, 6) is 1.02. The Balaban J connectivity index is 2.94. The van der Waals surface area contributed by atoms with Gasteiger partial charge in [0, 0.05) is 12.0 Å². The SMILES string of the molecule is CCOc1c(C)cccc1CC(=O)CBr. The summed E-state index contributed by atoms with van der Waals surface area (Å²) >= 11 is 3.16. The Morgan fingerprint density at radius 1 is 1.47 bits per heavy atom. The molecule has 3 heteroatoms. The van der Waals surface area contributed by atoms with Crippen LogP contribution in [0.1, 0.15) is 18.1 Å². The molecule has 0 bridgehead atoms. The molecule has 0 aliphatic heterocycles. The van der Waals surface area contributed by atoms with E-state index in [1.807, 2.05) is 32.0 Å². The number of ether oxygens (including phenoxy) is 1. The highest BCUT2D eigenvalue weighted by atomic mass is 79.9. The van der Waals surface area contributed by atoms with Crippen molar-refractivity contribution in [3.8, 4) is 5.75 Å². The fourth-order valence-electron chi connectivity index (χ4n) is 1.46. The van der Waals surface area contributed by atoms with Gasteiger partial charge in [0.1, 0.15) is 11.5 Å². The third-order valence-corrected chi connectivity index (χ3v) is 2.74. The van der Waals surface area contributed by atoms with Gasteiger partial charge in [-0.15, -0.1) is 0 Å². The molecule has 0 unspecified atom stereocenters. The van der Waals surface area contributed by atoms with Gasteiger partial charge in [-0.1, -0.05) is 34.1 Å². The number of carbonyl (C=O) groups is 1. The van der Waals surface area contributed by atoms with E-state index in [9.17, 15) is 4.79 Å². The summed E-state index contributed by atoms with van der Waals surface area (Å²) in [5.41, 5.74) is 2.05. The van der Waals surface area contributed by atoms with Gasteiger partial charge in [-0.05, 0) is 19.4 Å². The van der Waals surface area contributed by atoms with Crippen molar-refractivity contribution in [2.24, 2.45) is 0 Å². The molecule has 0 spiro atoms. The number of ketones is 1. The van der Waals surface area contributed by atoms with Gasteiger partial charge in [-0.2, -0.15) is 0 Å². The fourth-order valence-corrected chi connectivity index (χ4v) is 1.66. The van der Waals surface area contributed by atoms with Crippen molar-refractivity contribution in [2.75, 3.05) is 11.9 Å². The number of benzene rings is 1. The molecule has 0 saturated carbocycles. The highest BCUT2D eigenvalue weighted by Crippen LogP contribution is 2.24. The molecule has 0 fully saturated rings. The highest BCUT2D eigenvalue weighted by Gasteiger charge is 2.09. The molecule has 0 N–H and O–H groups in total. The van der Waals surface area contributed by atoms with E-state index in [0.717, 1.165) is 16.9 Å². The zero-order chi connectivity index (χ0) is 11.3. The maximum Gasteiger partial charge on any atom is 0.147 e. The number of halogens is 1. The Labute approximate surface area is 98.8 Å². The normalized spacial score (nSPS) is 10.1. The second-order valence-electron chi connectivity index (χ2n) is 3.35. The van der Waals surface area contributed by atoms with Crippen molar-refractivity contribution in [3.05, 3.63) is 29.3 Å². The zero-order valence-electron chi connectivity index (χ0n) is 9.05. The molecule has 15 heavy (non-hydrogen) atoms. The third-order valence-electron chi connectivity index (χ3n) is 2.12. The van der Waals surface area contributed by atoms with Crippen LogP contribution in [-0.4, -0.2) is 17.7 Å². The van der Waals surface area contributed by atoms with Crippen LogP contribution in [0.3, 0.4) is 0 Å². The molecule has 0 amide bonds. The number of aryl methyl sites for hydroxylation is 1. The lowest BCUT2D eigenvalue weighted by Gasteiger charge is -2.11. The number of para-hydroxylation sites is 1. The molecule has 2 nitrogen and oxygen atoms in total. The quantitative estimate of drug-likeness (QED) is 0.770. The van der Waals surface area contributed by atoms with E-state index in [1.54, 1.807) is 0 Å². The monoisotopic (exact) mass is 270 g/mol. The lowest BCUT2D eigenvalue weighted by atomic mass is 10.1. The standard InChI is InChI=1S/C12H15BrO2/c1-3-15-12-9(2)5-4-6-10(12)7-11(14)8-13/h4-6H,3,7-8H2,1-2H3. The average molecular weight is 271 g/mol. The van der Waals surface area contributed by atoms with Gasteiger partial charge in [0.15, 0.2) is 0 Å². The van der Waals surface area contributed by atoms with Crippen molar-refractivity contribution in [1.29, 1.82) is 0 Å². The molecule has 0 aliphatic rings. The molecule has 0 atom stereocenters. The van der Waals surface area contributed by atoms with Gasteiger partial charge in [-0.25, -0.2) is 0 Å². The first kappa shape index (κ1) is 12.2. The molecule has 0 aliphatic carbocycles. The first-order valence-corrected chi connectivity index (χ1v) is 6.10. The first-order chi connectivity index (χ1) is 7.19. The van der Waals surface area contributed by atoms with Gasteiger partial charge < -0.3 is 4.74 Å². The smallest absolute Gasteiger partial charge is 0.147 e. The molecular weight excluding hydrogens is 256 g/mol. The largest absolute Gasteiger partial charge is 0.493 e. The molecule has 1 aromatic carbocycles. The van der Waals surface area contributed by atoms with Crippen LogP contribution in [0.4, 0.5) is 0 Å². The Morgan fingerprint density at radius 2 is 2.20 bits per heavy atom. The van der Waals surface area contributed by atoms with E-state index in [2.05, 4.69) is 15.9 Å². The van der Waals surface area contributed by atoms with Crippen LogP contribution in [0.5, 0.6) is 5.75 Å². The number of Topliss-reactive ketones (excluding diaryl/α,β-unsaturated/α-hetero) is 1. The summed E-state index contributed by atoms with van der Waals surface area (Å²) in [6.45, 7) is 4.57. The molecule has 1 rings (SSSR count). The van der Waals surface area contributed by atoms with E-state index in [-0.39, 0.29) is 5.78 Å². The lowest BCUT2D eigenvalue weighted by molar-refractivity contribution is -0.115. The number of rotatable bonds is 5. The summed E-state index contributed by atoms with van der Waals surface area (Å²) in [6.07, 6.45) is 0.433. The number of carbonyl (C=O) groups excluding carboxylic acids is 1. The van der Waals surface area contributed by atoms with Crippen LogP contribution in [0.25, 0.3) is 0 Å². The van der Waals surface area contributed by atoms with E-state index in [4.69, 9.17) is 4.74 Å². The van der Waals surface area contributed by atoms with Gasteiger partial charge in [0.2, 0.25) is 0 Å². The third kappa shape index (κ3) is 3.34. The minimum absolute atomic E-state index is 0.168. The van der Waals surface area contributed by atoms with E-state index in [0.29, 0.717) is 18.4 Å². The minimum Gasteiger partial charge on any atom is -0.493 e. The fraction of sp³-hybridized carbons (Fsp3) is 0.417. The zero-order valence-corrected chi connectivity index (χ0v) is 10.6. The Morgan fingerprint density at radius 3 is 2.80 bits per heavy atom. The maximum atomic E-state index is 11.3. The average Bonchev–Trinajstić information content (AvgIpc) is 2.23. The van der Waals surface area contributed by atoms with Crippen molar-refractivity contribution in [3.63, 3.8) is 0 Å². The lowest BCUT2D eigenvalue weighted by Crippen LogP contribution is -2.06. The maximum absolute atomic E-state index is 11.3. The number of hydrogen-bond donors (Lipinski definition) is 0. The van der Waals surface area contributed by atoms with Gasteiger partial charge in [-0.3, -0.25) is 4.79 Å². The van der Waals surface area contributed by atoms with E-state index >= 15 is 0 Å². The highest BCUT2D eigenvalue weighted by molar-refractivity contribution is 9.09. The topological polar surface area (TPSA) is 26.3 Å². The predicted octanol–water partition coefficient (Wildman–Crippen LogP) is 2.90. The van der Waals surface area contributed by atoms with Crippen LogP contribution < -0.4 is 4.74 Å². The Kier molecular flexibility index (Phi) is 4.82. The second-order valence-corrected chi connectivity index (χ2v) is 3.91. The Bertz CT molecular complexity index is 347. The van der Waals surface area contributed by atoms with Crippen molar-refractivity contribution in [2.45, 2.75) is 20.3 Å². The van der Waals surface area contributed by atoms with Crippen LogP contribution in [-0.2, 0) is 11.2 Å². The van der Waals surface area contributed by atoms with Crippen LogP contribution in [0, 0.1) is 6.92 Å². The van der Waals surface area contributed by atoms with Crippen molar-refractivity contribution < 1.29 is 9.53 Å². The van der Waals surface area contributed by atoms with Crippen LogP contribution in [0.15, 0.2) is 18.2 Å². The van der Waals surface area contributed by atoms with Gasteiger partial charge >= 0.3 is 0 Å². The summed E-state index contributed by atoms with van der Waals surface area (Å²) in [7, 11) is 0. The molecular formula is C12H15BrO2. The van der Waals surface area contributed by atoms with Gasteiger partial charge in [0.25, 0.3) is 0 Å².